The van der Waals surface area contributed by atoms with Gasteiger partial charge in [-0.15, -0.1) is 0 Å². The lowest BCUT2D eigenvalue weighted by Crippen LogP contribution is -2.29. The van der Waals surface area contributed by atoms with E-state index >= 15 is 0 Å². The Morgan fingerprint density at radius 2 is 2.47 bits per heavy atom. The van der Waals surface area contributed by atoms with Crippen molar-refractivity contribution in [2.75, 3.05) is 19.8 Å². The number of aryl methyl sites for hydroxylation is 1. The first-order chi connectivity index (χ1) is 9.25. The summed E-state index contributed by atoms with van der Waals surface area (Å²) in [5.41, 5.74) is 1.93. The largest absolute Gasteiger partial charge is 0.381 e. The predicted octanol–water partition coefficient (Wildman–Crippen LogP) is 1.87. The summed E-state index contributed by atoms with van der Waals surface area (Å²) in [5, 5.41) is 2.97. The van der Waals surface area contributed by atoms with Gasteiger partial charge in [-0.1, -0.05) is 6.07 Å². The number of rotatable bonds is 5. The van der Waals surface area contributed by atoms with Crippen molar-refractivity contribution in [2.24, 2.45) is 5.92 Å². The summed E-state index contributed by atoms with van der Waals surface area (Å²) in [6.45, 7) is 4.45. The number of ether oxygens (including phenoxy) is 1. The number of nitrogens with zero attached hydrogens (tertiary/aromatic N) is 1. The zero-order valence-electron chi connectivity index (χ0n) is 11.5. The number of carbonyl (C=O) groups excluding carboxylic acids is 1. The molecule has 4 nitrogen and oxygen atoms in total. The van der Waals surface area contributed by atoms with Gasteiger partial charge >= 0.3 is 0 Å². The molecule has 1 aliphatic rings. The van der Waals surface area contributed by atoms with Crippen molar-refractivity contribution in [3.05, 3.63) is 29.6 Å². The van der Waals surface area contributed by atoms with Gasteiger partial charge < -0.3 is 10.1 Å². The topological polar surface area (TPSA) is 51.2 Å². The molecule has 1 N–H and O–H groups in total. The molecule has 0 saturated carbocycles. The van der Waals surface area contributed by atoms with Crippen LogP contribution in [-0.2, 0) is 16.0 Å². The van der Waals surface area contributed by atoms with E-state index in [1.54, 1.807) is 6.20 Å². The van der Waals surface area contributed by atoms with Gasteiger partial charge in [0, 0.05) is 26.0 Å². The summed E-state index contributed by atoms with van der Waals surface area (Å²) in [4.78, 5) is 16.1. The summed E-state index contributed by atoms with van der Waals surface area (Å²) in [5.74, 6) is 0.657. The lowest BCUT2D eigenvalue weighted by atomic mass is 9.99. The number of amides is 1. The van der Waals surface area contributed by atoms with Gasteiger partial charge in [0.1, 0.15) is 0 Å². The Balaban J connectivity index is 1.68. The number of aromatic nitrogens is 1. The maximum absolute atomic E-state index is 11.8. The van der Waals surface area contributed by atoms with Crippen molar-refractivity contribution < 1.29 is 9.53 Å². The zero-order valence-corrected chi connectivity index (χ0v) is 11.5. The molecule has 0 radical (unpaired) electrons. The van der Waals surface area contributed by atoms with E-state index in [0.29, 0.717) is 12.3 Å². The van der Waals surface area contributed by atoms with Crippen molar-refractivity contribution >= 4 is 5.91 Å². The Hall–Kier alpha value is -1.42. The van der Waals surface area contributed by atoms with Crippen LogP contribution in [-0.4, -0.2) is 30.6 Å². The zero-order chi connectivity index (χ0) is 13.5. The summed E-state index contributed by atoms with van der Waals surface area (Å²) in [6.07, 6.45) is 5.47. The van der Waals surface area contributed by atoms with Crippen LogP contribution >= 0.6 is 0 Å². The van der Waals surface area contributed by atoms with Gasteiger partial charge in [-0.2, -0.15) is 0 Å². The van der Waals surface area contributed by atoms with E-state index in [0.717, 1.165) is 43.9 Å². The Morgan fingerprint density at radius 1 is 1.58 bits per heavy atom. The maximum atomic E-state index is 11.8. The molecule has 104 valence electrons. The molecule has 1 fully saturated rings. The Bertz CT molecular complexity index is 414. The second-order valence-electron chi connectivity index (χ2n) is 5.17. The molecule has 2 rings (SSSR count). The number of hydrogen-bond acceptors (Lipinski definition) is 3. The fourth-order valence-electron chi connectivity index (χ4n) is 2.37. The van der Waals surface area contributed by atoms with Crippen LogP contribution in [0.1, 0.15) is 30.5 Å². The Kier molecular flexibility index (Phi) is 5.33. The standard InChI is InChI=1S/C15H22N2O2/c1-12-4-2-7-16-14(12)10-15(18)17-8-6-13-5-3-9-19-11-13/h2,4,7,13H,3,5-6,8-11H2,1H3,(H,17,18)/t13-/m0/s1. The van der Waals surface area contributed by atoms with Gasteiger partial charge in [-0.3, -0.25) is 9.78 Å². The Morgan fingerprint density at radius 3 is 3.21 bits per heavy atom. The van der Waals surface area contributed by atoms with Gasteiger partial charge in [0.15, 0.2) is 0 Å². The molecular formula is C15H22N2O2. The molecule has 1 aliphatic heterocycles. The van der Waals surface area contributed by atoms with E-state index in [1.165, 1.54) is 6.42 Å². The minimum atomic E-state index is 0.0542. The summed E-state index contributed by atoms with van der Waals surface area (Å²) in [6, 6.07) is 3.87. The number of nitrogens with one attached hydrogen (secondary N) is 1. The first-order valence-corrected chi connectivity index (χ1v) is 7.00. The molecule has 1 atom stereocenters. The highest BCUT2D eigenvalue weighted by Gasteiger charge is 2.14. The molecule has 19 heavy (non-hydrogen) atoms. The van der Waals surface area contributed by atoms with E-state index < -0.39 is 0 Å². The molecule has 4 heteroatoms. The third-order valence-electron chi connectivity index (χ3n) is 3.58. The summed E-state index contributed by atoms with van der Waals surface area (Å²) < 4.78 is 5.43. The molecule has 2 heterocycles. The monoisotopic (exact) mass is 262 g/mol. The highest BCUT2D eigenvalue weighted by molar-refractivity contribution is 5.78. The predicted molar refractivity (Wildman–Crippen MR) is 73.8 cm³/mol. The second-order valence-corrected chi connectivity index (χ2v) is 5.17. The molecule has 1 aromatic heterocycles. The van der Waals surface area contributed by atoms with Gasteiger partial charge in [0.2, 0.25) is 5.91 Å². The average molecular weight is 262 g/mol. The molecule has 1 saturated heterocycles. The van der Waals surface area contributed by atoms with Crippen LogP contribution in [0, 0.1) is 12.8 Å². The van der Waals surface area contributed by atoms with Crippen LogP contribution in [0.15, 0.2) is 18.3 Å². The highest BCUT2D eigenvalue weighted by atomic mass is 16.5. The molecule has 0 spiro atoms. The first-order valence-electron chi connectivity index (χ1n) is 7.00. The summed E-state index contributed by atoms with van der Waals surface area (Å²) in [7, 11) is 0. The number of hydrogen-bond donors (Lipinski definition) is 1. The normalized spacial score (nSPS) is 19.1. The van der Waals surface area contributed by atoms with E-state index in [2.05, 4.69) is 10.3 Å². The average Bonchev–Trinajstić information content (AvgIpc) is 2.43. The van der Waals surface area contributed by atoms with Gasteiger partial charge in [-0.05, 0) is 43.7 Å². The third kappa shape index (κ3) is 4.63. The smallest absolute Gasteiger partial charge is 0.226 e. The first kappa shape index (κ1) is 14.0. The van der Waals surface area contributed by atoms with E-state index in [4.69, 9.17) is 4.74 Å². The second kappa shape index (κ2) is 7.24. The molecule has 0 aromatic carbocycles. The lowest BCUT2D eigenvalue weighted by Gasteiger charge is -2.21. The van der Waals surface area contributed by atoms with Crippen molar-refractivity contribution in [3.8, 4) is 0 Å². The van der Waals surface area contributed by atoms with Crippen LogP contribution in [0.2, 0.25) is 0 Å². The molecular weight excluding hydrogens is 240 g/mol. The Labute approximate surface area is 114 Å². The summed E-state index contributed by atoms with van der Waals surface area (Å²) >= 11 is 0. The van der Waals surface area contributed by atoms with Crippen LogP contribution in [0.25, 0.3) is 0 Å². The minimum absolute atomic E-state index is 0.0542. The molecule has 1 amide bonds. The van der Waals surface area contributed by atoms with E-state index in [9.17, 15) is 4.79 Å². The molecule has 0 bridgehead atoms. The quantitative estimate of drug-likeness (QED) is 0.881. The van der Waals surface area contributed by atoms with E-state index in [-0.39, 0.29) is 5.91 Å². The van der Waals surface area contributed by atoms with Crippen molar-refractivity contribution in [3.63, 3.8) is 0 Å². The molecule has 0 unspecified atom stereocenters. The van der Waals surface area contributed by atoms with Gasteiger partial charge in [0.05, 0.1) is 12.1 Å². The molecule has 0 aliphatic carbocycles. The van der Waals surface area contributed by atoms with Crippen molar-refractivity contribution in [1.29, 1.82) is 0 Å². The van der Waals surface area contributed by atoms with Gasteiger partial charge in [0.25, 0.3) is 0 Å². The van der Waals surface area contributed by atoms with Gasteiger partial charge in [-0.25, -0.2) is 0 Å². The van der Waals surface area contributed by atoms with Crippen LogP contribution in [0.4, 0.5) is 0 Å². The van der Waals surface area contributed by atoms with Crippen LogP contribution in [0.5, 0.6) is 0 Å². The SMILES string of the molecule is Cc1cccnc1CC(=O)NCC[C@@H]1CCCOC1. The van der Waals surface area contributed by atoms with E-state index in [1.807, 2.05) is 19.1 Å². The number of carbonyl (C=O) groups is 1. The number of pyridine rings is 1. The minimum Gasteiger partial charge on any atom is -0.381 e. The van der Waals surface area contributed by atoms with Crippen LogP contribution < -0.4 is 5.32 Å². The van der Waals surface area contributed by atoms with Crippen LogP contribution in [0.3, 0.4) is 0 Å². The fourth-order valence-corrected chi connectivity index (χ4v) is 2.37. The lowest BCUT2D eigenvalue weighted by molar-refractivity contribution is -0.120. The van der Waals surface area contributed by atoms with Crippen molar-refractivity contribution in [2.45, 2.75) is 32.6 Å². The van der Waals surface area contributed by atoms with Crippen molar-refractivity contribution in [1.82, 2.24) is 10.3 Å². The fraction of sp³-hybridized carbons (Fsp3) is 0.600. The third-order valence-corrected chi connectivity index (χ3v) is 3.58. The maximum Gasteiger partial charge on any atom is 0.226 e. The molecule has 1 aromatic rings. The highest BCUT2D eigenvalue weighted by Crippen LogP contribution is 2.16.